The summed E-state index contributed by atoms with van der Waals surface area (Å²) >= 11 is 0. The highest BCUT2D eigenvalue weighted by Gasteiger charge is 2.35. The van der Waals surface area contributed by atoms with E-state index in [1.54, 1.807) is 6.20 Å². The number of fused-ring (bicyclic) bond motifs is 11. The van der Waals surface area contributed by atoms with E-state index in [2.05, 4.69) is 225 Å². The summed E-state index contributed by atoms with van der Waals surface area (Å²) in [6.45, 7) is 4.67. The van der Waals surface area contributed by atoms with Crippen molar-refractivity contribution >= 4 is 43.1 Å². The second kappa shape index (κ2) is 15.3. The predicted molar refractivity (Wildman–Crippen MR) is 280 cm³/mol. The van der Waals surface area contributed by atoms with Crippen molar-refractivity contribution in [1.29, 1.82) is 0 Å². The summed E-state index contributed by atoms with van der Waals surface area (Å²) in [5, 5.41) is 10.2. The Bertz CT molecular complexity index is 3910. The van der Waals surface area contributed by atoms with E-state index in [1.807, 2.05) is 12.3 Å². The third-order valence-electron chi connectivity index (χ3n) is 14.2. The van der Waals surface area contributed by atoms with Crippen LogP contribution in [0.1, 0.15) is 25.0 Å². The molecule has 0 radical (unpaired) electrons. The number of nitrogens with zero attached hydrogens (tertiary/aromatic N) is 3. The summed E-state index contributed by atoms with van der Waals surface area (Å²) in [4.78, 5) is 14.9. The zero-order valence-corrected chi connectivity index (χ0v) is 37.2. The quantitative estimate of drug-likeness (QED) is 0.156. The van der Waals surface area contributed by atoms with E-state index in [9.17, 15) is 0 Å². The summed E-state index contributed by atoms with van der Waals surface area (Å²) in [7, 11) is 0. The third-order valence-corrected chi connectivity index (χ3v) is 14.2. The van der Waals surface area contributed by atoms with Crippen molar-refractivity contribution in [3.63, 3.8) is 0 Å². The maximum absolute atomic E-state index is 5.29. The summed E-state index contributed by atoms with van der Waals surface area (Å²) in [5.74, 6) is 0.681. The molecule has 12 aromatic rings. The molecule has 0 aliphatic heterocycles. The van der Waals surface area contributed by atoms with Gasteiger partial charge in [0.2, 0.25) is 0 Å². The van der Waals surface area contributed by atoms with Gasteiger partial charge in [0.1, 0.15) is 0 Å². The molecule has 0 fully saturated rings. The van der Waals surface area contributed by atoms with Crippen molar-refractivity contribution in [1.82, 2.24) is 15.0 Å². The molecule has 0 atom stereocenters. The van der Waals surface area contributed by atoms with Gasteiger partial charge >= 0.3 is 0 Å². The number of hydrogen-bond donors (Lipinski definition) is 0. The van der Waals surface area contributed by atoms with Crippen LogP contribution in [0.3, 0.4) is 0 Å². The molecular weight excluding hydrogens is 811 g/mol. The molecular formula is C64H43N3. The van der Waals surface area contributed by atoms with Crippen molar-refractivity contribution in [2.24, 2.45) is 0 Å². The van der Waals surface area contributed by atoms with Crippen molar-refractivity contribution in [3.8, 4) is 78.4 Å². The Balaban J connectivity index is 0.906. The lowest BCUT2D eigenvalue weighted by Crippen LogP contribution is -2.14. The molecule has 3 heteroatoms. The zero-order valence-electron chi connectivity index (χ0n) is 37.2. The average Bonchev–Trinajstić information content (AvgIpc) is 3.63. The molecule has 10 aromatic carbocycles. The maximum atomic E-state index is 5.29. The first kappa shape index (κ1) is 38.9. The van der Waals surface area contributed by atoms with Gasteiger partial charge in [-0.2, -0.15) is 0 Å². The first-order valence-corrected chi connectivity index (χ1v) is 23.1. The summed E-state index contributed by atoms with van der Waals surface area (Å²) in [5.41, 5.74) is 17.1. The summed E-state index contributed by atoms with van der Waals surface area (Å²) in [6.07, 6.45) is 3.70. The van der Waals surface area contributed by atoms with Crippen molar-refractivity contribution in [2.75, 3.05) is 0 Å². The van der Waals surface area contributed by atoms with E-state index in [1.165, 1.54) is 82.0 Å². The van der Waals surface area contributed by atoms with Crippen molar-refractivity contribution in [3.05, 3.63) is 236 Å². The lowest BCUT2D eigenvalue weighted by atomic mass is 9.81. The topological polar surface area (TPSA) is 38.7 Å². The Morgan fingerprint density at radius 2 is 0.806 bits per heavy atom. The van der Waals surface area contributed by atoms with E-state index in [-0.39, 0.29) is 5.41 Å². The molecule has 3 nitrogen and oxygen atoms in total. The SMILES string of the molecule is CC1(C)c2ccccc2-c2ccc(-c3ccc(-c4cc(-c5ccc(-c6cccnc6)cc5)nc(-c5ccc(-c6cc7c8ccccc8c8ccccc8c7c7ccccc67)cc5)n4)cc3)cc21. The van der Waals surface area contributed by atoms with Crippen LogP contribution in [0.25, 0.3) is 122 Å². The van der Waals surface area contributed by atoms with Gasteiger partial charge in [0, 0.05) is 34.5 Å². The van der Waals surface area contributed by atoms with Crippen LogP contribution in [-0.2, 0) is 5.41 Å². The van der Waals surface area contributed by atoms with E-state index in [4.69, 9.17) is 9.97 Å². The highest BCUT2D eigenvalue weighted by Crippen LogP contribution is 2.50. The van der Waals surface area contributed by atoms with Gasteiger partial charge in [0.05, 0.1) is 11.4 Å². The lowest BCUT2D eigenvalue weighted by molar-refractivity contribution is 0.660. The fraction of sp³-hybridized carbons (Fsp3) is 0.0469. The fourth-order valence-corrected chi connectivity index (χ4v) is 10.8. The molecule has 0 saturated carbocycles. The minimum Gasteiger partial charge on any atom is -0.264 e. The normalized spacial score (nSPS) is 12.7. The maximum Gasteiger partial charge on any atom is 0.160 e. The second-order valence-corrected chi connectivity index (χ2v) is 18.4. The smallest absolute Gasteiger partial charge is 0.160 e. The van der Waals surface area contributed by atoms with Crippen LogP contribution >= 0.6 is 0 Å². The Morgan fingerprint density at radius 1 is 0.313 bits per heavy atom. The van der Waals surface area contributed by atoms with Crippen LogP contribution in [0, 0.1) is 0 Å². The van der Waals surface area contributed by atoms with E-state index >= 15 is 0 Å². The first-order chi connectivity index (χ1) is 33.0. The third kappa shape index (κ3) is 6.38. The average molecular weight is 854 g/mol. The molecule has 0 unspecified atom stereocenters. The molecule has 0 bridgehead atoms. The van der Waals surface area contributed by atoms with Crippen LogP contribution in [0.15, 0.2) is 225 Å². The van der Waals surface area contributed by atoms with E-state index < -0.39 is 0 Å². The second-order valence-electron chi connectivity index (χ2n) is 18.4. The van der Waals surface area contributed by atoms with Gasteiger partial charge in [-0.25, -0.2) is 9.97 Å². The Morgan fingerprint density at radius 3 is 1.46 bits per heavy atom. The minimum atomic E-state index is -0.0580. The highest BCUT2D eigenvalue weighted by atomic mass is 14.9. The molecule has 1 aliphatic carbocycles. The molecule has 0 amide bonds. The Kier molecular flexibility index (Phi) is 8.88. The van der Waals surface area contributed by atoms with Crippen LogP contribution in [-0.4, -0.2) is 15.0 Å². The summed E-state index contributed by atoms with van der Waals surface area (Å²) < 4.78 is 0. The van der Waals surface area contributed by atoms with Gasteiger partial charge in [-0.1, -0.05) is 202 Å². The molecule has 67 heavy (non-hydrogen) atoms. The van der Waals surface area contributed by atoms with Crippen LogP contribution in [0.2, 0.25) is 0 Å². The fourth-order valence-electron chi connectivity index (χ4n) is 10.8. The van der Waals surface area contributed by atoms with Gasteiger partial charge < -0.3 is 0 Å². The van der Waals surface area contributed by atoms with Gasteiger partial charge in [-0.3, -0.25) is 4.98 Å². The molecule has 0 saturated heterocycles. The van der Waals surface area contributed by atoms with Gasteiger partial charge in [0.15, 0.2) is 5.82 Å². The molecule has 2 heterocycles. The molecule has 0 spiro atoms. The van der Waals surface area contributed by atoms with Gasteiger partial charge in [0.25, 0.3) is 0 Å². The Hall–Kier alpha value is -8.53. The summed E-state index contributed by atoms with van der Waals surface area (Å²) in [6, 6.07) is 77.1. The van der Waals surface area contributed by atoms with Crippen molar-refractivity contribution < 1.29 is 0 Å². The predicted octanol–water partition coefficient (Wildman–Crippen LogP) is 16.8. The van der Waals surface area contributed by atoms with Gasteiger partial charge in [-0.15, -0.1) is 0 Å². The van der Waals surface area contributed by atoms with E-state index in [0.29, 0.717) is 5.82 Å². The number of pyridine rings is 1. The van der Waals surface area contributed by atoms with Crippen LogP contribution in [0.5, 0.6) is 0 Å². The number of rotatable bonds is 6. The molecule has 314 valence electrons. The number of aromatic nitrogens is 3. The van der Waals surface area contributed by atoms with Gasteiger partial charge in [-0.05, 0) is 123 Å². The molecule has 2 aromatic heterocycles. The van der Waals surface area contributed by atoms with Crippen LogP contribution < -0.4 is 0 Å². The number of hydrogen-bond acceptors (Lipinski definition) is 3. The zero-order chi connectivity index (χ0) is 44.6. The standard InChI is InChI=1S/C64H43N3/c1-64(2)58-20-10-9-17-52(58)53-34-33-46(36-59(53)64)40-21-27-43(28-22-40)60-38-61(44-29-23-41(24-30-44)47-12-11-35-65-39-47)67-63(66-60)45-31-25-42(26-32-45)56-37-57-50-15-4-3-13-48(50)49-14-5-7-18-54(49)62(57)55-19-8-6-16-51(55)56/h3-39H,1-2H3. The van der Waals surface area contributed by atoms with Crippen molar-refractivity contribution in [2.45, 2.75) is 19.3 Å². The van der Waals surface area contributed by atoms with Crippen LogP contribution in [0.4, 0.5) is 0 Å². The lowest BCUT2D eigenvalue weighted by Gasteiger charge is -2.22. The minimum absolute atomic E-state index is 0.0580. The largest absolute Gasteiger partial charge is 0.264 e. The Labute approximate surface area is 389 Å². The van der Waals surface area contributed by atoms with E-state index in [0.717, 1.165) is 44.8 Å². The molecule has 0 N–H and O–H groups in total. The molecule has 1 aliphatic rings. The first-order valence-electron chi connectivity index (χ1n) is 23.1. The highest BCUT2D eigenvalue weighted by molar-refractivity contribution is 6.33. The number of benzene rings is 10. The monoisotopic (exact) mass is 853 g/mol. The molecule has 13 rings (SSSR count).